The zero-order chi connectivity index (χ0) is 33.3. The second-order valence-electron chi connectivity index (χ2n) is 14.5. The number of hydrogen-bond acceptors (Lipinski definition) is 9. The maximum Gasteiger partial charge on any atom is 0.437 e. The Hall–Kier alpha value is -2.93. The number of nitrogens with two attached hydrogens (primary N) is 1. The number of nitrogens with one attached hydrogen (secondary N) is 1. The fourth-order valence-corrected chi connectivity index (χ4v) is 5.00. The molecular formula is C31H55N5O8. The van der Waals surface area contributed by atoms with Gasteiger partial charge >= 0.3 is 18.2 Å². The monoisotopic (exact) mass is 625 g/mol. The molecular weight excluding hydrogens is 570 g/mol. The first kappa shape index (κ1) is 37.3. The van der Waals surface area contributed by atoms with Crippen molar-refractivity contribution in [2.45, 2.75) is 142 Å². The molecule has 0 spiro atoms. The number of aliphatic imine (C=N–C) groups is 1. The van der Waals surface area contributed by atoms with Gasteiger partial charge in [0.25, 0.3) is 0 Å². The molecule has 13 nitrogen and oxygen atoms in total. The number of carbonyl (C=O) groups excluding carboxylic acids is 4. The third-order valence-corrected chi connectivity index (χ3v) is 6.78. The van der Waals surface area contributed by atoms with E-state index in [4.69, 9.17) is 24.7 Å². The van der Waals surface area contributed by atoms with Crippen LogP contribution in [0.4, 0.5) is 9.59 Å². The van der Waals surface area contributed by atoms with Gasteiger partial charge in [0.2, 0.25) is 11.9 Å². The Morgan fingerprint density at radius 2 is 1.43 bits per heavy atom. The summed E-state index contributed by atoms with van der Waals surface area (Å²) in [6, 6.07) is -0.951. The van der Waals surface area contributed by atoms with Gasteiger partial charge in [-0.25, -0.2) is 9.59 Å². The van der Waals surface area contributed by atoms with Crippen LogP contribution in [0.3, 0.4) is 0 Å². The normalized spacial score (nSPS) is 19.7. The number of likely N-dealkylation sites (tertiary alicyclic amines) is 2. The molecule has 44 heavy (non-hydrogen) atoms. The Bertz CT molecular complexity index is 1020. The van der Waals surface area contributed by atoms with Gasteiger partial charge in [-0.05, 0) is 101 Å². The predicted octanol–water partition coefficient (Wildman–Crippen LogP) is 4.11. The highest BCUT2D eigenvalue weighted by atomic mass is 16.6. The first-order valence-corrected chi connectivity index (χ1v) is 15.7. The van der Waals surface area contributed by atoms with Crippen molar-refractivity contribution in [2.75, 3.05) is 26.2 Å². The molecule has 0 saturated carbocycles. The standard InChI is InChI=1S/C31H55N5O8/c1-29(2,3)42-24(37)20-23(32)25(38)36-16-11-10-12-21(36)15-19-41-22-13-17-35(18-14-22)26(33-27(39)43-30(4,5)6)34-28(40)44-31(7,8)9/h21-23H,10-20,32H2,1-9H3,(H,33,34,39,40)/t21?,23-/m0/s1. The Labute approximate surface area is 262 Å². The van der Waals surface area contributed by atoms with Crippen molar-refractivity contribution >= 4 is 30.0 Å². The van der Waals surface area contributed by atoms with Gasteiger partial charge in [-0.2, -0.15) is 0 Å². The number of guanidine groups is 1. The number of ether oxygens (including phenoxy) is 4. The molecule has 2 fully saturated rings. The van der Waals surface area contributed by atoms with Gasteiger partial charge in [-0.3, -0.25) is 14.9 Å². The van der Waals surface area contributed by atoms with Crippen LogP contribution in [-0.4, -0.2) is 101 Å². The minimum Gasteiger partial charge on any atom is -0.460 e. The number of rotatable bonds is 7. The molecule has 13 heteroatoms. The van der Waals surface area contributed by atoms with E-state index in [0.29, 0.717) is 45.5 Å². The number of piperidine rings is 2. The minimum atomic E-state index is -0.943. The molecule has 0 aromatic carbocycles. The lowest BCUT2D eigenvalue weighted by atomic mass is 9.98. The zero-order valence-corrected chi connectivity index (χ0v) is 28.2. The van der Waals surface area contributed by atoms with Crippen molar-refractivity contribution < 1.29 is 38.1 Å². The SMILES string of the molecule is CC(C)(C)OC(=O)C[C@H](N)C(=O)N1CCCCC1CCOC1CCN(C(=NC(=O)OC(C)(C)C)NC(=O)OC(C)(C)C)CC1. The van der Waals surface area contributed by atoms with Crippen LogP contribution in [0, 0.1) is 0 Å². The van der Waals surface area contributed by atoms with Gasteiger partial charge in [0, 0.05) is 32.3 Å². The number of nitrogens with zero attached hydrogens (tertiary/aromatic N) is 3. The van der Waals surface area contributed by atoms with E-state index in [0.717, 1.165) is 19.3 Å². The van der Waals surface area contributed by atoms with Crippen molar-refractivity contribution in [3.63, 3.8) is 0 Å². The Balaban J connectivity index is 1.92. The van der Waals surface area contributed by atoms with Crippen molar-refractivity contribution in [2.24, 2.45) is 10.7 Å². The first-order chi connectivity index (χ1) is 20.2. The van der Waals surface area contributed by atoms with Crippen LogP contribution in [0.25, 0.3) is 0 Å². The fourth-order valence-electron chi connectivity index (χ4n) is 5.00. The number of esters is 1. The molecule has 2 rings (SSSR count). The lowest BCUT2D eigenvalue weighted by Crippen LogP contribution is -2.52. The summed E-state index contributed by atoms with van der Waals surface area (Å²) in [4.78, 5) is 57.9. The van der Waals surface area contributed by atoms with Crippen LogP contribution in [0.5, 0.6) is 0 Å². The van der Waals surface area contributed by atoms with Gasteiger partial charge in [-0.15, -0.1) is 4.99 Å². The van der Waals surface area contributed by atoms with Gasteiger partial charge in [-0.1, -0.05) is 0 Å². The van der Waals surface area contributed by atoms with E-state index in [1.54, 1.807) is 72.1 Å². The number of hydrogen-bond donors (Lipinski definition) is 2. The topological polar surface area (TPSA) is 162 Å². The molecule has 0 aromatic rings. The van der Waals surface area contributed by atoms with Crippen molar-refractivity contribution in [1.29, 1.82) is 0 Å². The van der Waals surface area contributed by atoms with Crippen LogP contribution in [0.15, 0.2) is 4.99 Å². The molecule has 3 N–H and O–H groups in total. The largest absolute Gasteiger partial charge is 0.460 e. The maximum absolute atomic E-state index is 13.1. The summed E-state index contributed by atoms with van der Waals surface area (Å²) < 4.78 is 22.2. The second-order valence-corrected chi connectivity index (χ2v) is 14.5. The van der Waals surface area contributed by atoms with Gasteiger partial charge in [0.05, 0.1) is 18.6 Å². The van der Waals surface area contributed by atoms with Gasteiger partial charge in [0.1, 0.15) is 16.8 Å². The zero-order valence-electron chi connectivity index (χ0n) is 28.2. The van der Waals surface area contributed by atoms with E-state index in [-0.39, 0.29) is 30.4 Å². The molecule has 252 valence electrons. The van der Waals surface area contributed by atoms with E-state index in [9.17, 15) is 19.2 Å². The Morgan fingerprint density at radius 1 is 0.841 bits per heavy atom. The molecule has 2 saturated heterocycles. The molecule has 2 heterocycles. The summed E-state index contributed by atoms with van der Waals surface area (Å²) in [5.41, 5.74) is 4.04. The van der Waals surface area contributed by atoms with Crippen molar-refractivity contribution in [3.05, 3.63) is 0 Å². The molecule has 0 aliphatic carbocycles. The summed E-state index contributed by atoms with van der Waals surface area (Å²) in [6.07, 6.45) is 3.02. The molecule has 2 aliphatic heterocycles. The molecule has 1 unspecified atom stereocenters. The number of alkyl carbamates (subject to hydrolysis) is 1. The number of amides is 3. The average Bonchev–Trinajstić information content (AvgIpc) is 2.85. The first-order valence-electron chi connectivity index (χ1n) is 15.7. The van der Waals surface area contributed by atoms with Crippen LogP contribution in [-0.2, 0) is 28.5 Å². The fraction of sp³-hybridized carbons (Fsp3) is 0.839. The predicted molar refractivity (Wildman–Crippen MR) is 166 cm³/mol. The average molecular weight is 626 g/mol. The Kier molecular flexibility index (Phi) is 13.4. The van der Waals surface area contributed by atoms with Crippen molar-refractivity contribution in [3.8, 4) is 0 Å². The van der Waals surface area contributed by atoms with Crippen LogP contribution in [0.2, 0.25) is 0 Å². The molecule has 0 radical (unpaired) electrons. The Morgan fingerprint density at radius 3 is 2.00 bits per heavy atom. The van der Waals surface area contributed by atoms with Crippen molar-refractivity contribution in [1.82, 2.24) is 15.1 Å². The minimum absolute atomic E-state index is 0.00776. The molecule has 0 aromatic heterocycles. The molecule has 0 bridgehead atoms. The maximum atomic E-state index is 13.1. The third kappa shape index (κ3) is 14.2. The number of carbonyl (C=O) groups is 4. The van der Waals surface area contributed by atoms with E-state index >= 15 is 0 Å². The van der Waals surface area contributed by atoms with E-state index in [2.05, 4.69) is 10.3 Å². The highest BCUT2D eigenvalue weighted by Gasteiger charge is 2.33. The molecule has 3 amide bonds. The van der Waals surface area contributed by atoms with E-state index in [1.165, 1.54) is 0 Å². The highest BCUT2D eigenvalue weighted by Crippen LogP contribution is 2.23. The molecule has 2 aliphatic rings. The summed E-state index contributed by atoms with van der Waals surface area (Å²) in [5.74, 6) is -0.642. The smallest absolute Gasteiger partial charge is 0.437 e. The second kappa shape index (κ2) is 15.9. The van der Waals surface area contributed by atoms with Crippen LogP contribution in [0.1, 0.15) is 107 Å². The highest BCUT2D eigenvalue weighted by molar-refractivity contribution is 5.99. The van der Waals surface area contributed by atoms with E-state index < -0.39 is 41.0 Å². The molecule has 2 atom stereocenters. The lowest BCUT2D eigenvalue weighted by molar-refractivity contribution is -0.157. The van der Waals surface area contributed by atoms with E-state index in [1.807, 2.05) is 0 Å². The summed E-state index contributed by atoms with van der Waals surface area (Å²) in [7, 11) is 0. The summed E-state index contributed by atoms with van der Waals surface area (Å²) in [5, 5.41) is 2.60. The summed E-state index contributed by atoms with van der Waals surface area (Å²) in [6.45, 7) is 17.9. The van der Waals surface area contributed by atoms with Crippen LogP contribution >= 0.6 is 0 Å². The quantitative estimate of drug-likeness (QED) is 0.182. The van der Waals surface area contributed by atoms with Crippen LogP contribution < -0.4 is 11.1 Å². The third-order valence-electron chi connectivity index (χ3n) is 6.78. The summed E-state index contributed by atoms with van der Waals surface area (Å²) >= 11 is 0. The lowest BCUT2D eigenvalue weighted by Gasteiger charge is -2.38. The van der Waals surface area contributed by atoms with Gasteiger partial charge in [0.15, 0.2) is 0 Å². The van der Waals surface area contributed by atoms with Gasteiger partial charge < -0.3 is 34.5 Å².